The number of rotatable bonds is 3. The minimum absolute atomic E-state index is 0.628. The summed E-state index contributed by atoms with van der Waals surface area (Å²) in [4.78, 5) is 12.2. The van der Waals surface area contributed by atoms with Crippen LogP contribution in [0, 0.1) is 11.8 Å². The van der Waals surface area contributed by atoms with E-state index in [1.807, 2.05) is 0 Å². The topological polar surface area (TPSA) is 20.3 Å². The van der Waals surface area contributed by atoms with Crippen molar-refractivity contribution < 1.29 is 4.79 Å². The summed E-state index contributed by atoms with van der Waals surface area (Å²) in [5, 5.41) is 0. The minimum Gasteiger partial charge on any atom is -0.302 e. The van der Waals surface area contributed by atoms with Gasteiger partial charge in [0.2, 0.25) is 0 Å². The van der Waals surface area contributed by atoms with Gasteiger partial charge in [0.25, 0.3) is 0 Å². The van der Waals surface area contributed by atoms with E-state index in [-0.39, 0.29) is 0 Å². The maximum absolute atomic E-state index is 10.0. The second kappa shape index (κ2) is 3.15. The molecule has 0 aromatic carbocycles. The largest absolute Gasteiger partial charge is 0.302 e. The maximum Gasteiger partial charge on any atom is 0.133 e. The van der Waals surface area contributed by atoms with Crippen LogP contribution in [0.5, 0.6) is 0 Å². The lowest BCUT2D eigenvalue weighted by Gasteiger charge is -2.40. The lowest BCUT2D eigenvalue weighted by atomic mass is 9.89. The van der Waals surface area contributed by atoms with E-state index >= 15 is 0 Å². The van der Waals surface area contributed by atoms with Gasteiger partial charge in [0.1, 0.15) is 6.29 Å². The number of nitrogens with zero attached hydrogens (tertiary/aromatic N) is 1. The second-order valence-corrected chi connectivity index (χ2v) is 3.39. The molecule has 1 saturated heterocycles. The zero-order valence-electron chi connectivity index (χ0n) is 6.71. The van der Waals surface area contributed by atoms with Crippen molar-refractivity contribution in [3.8, 4) is 0 Å². The zero-order chi connectivity index (χ0) is 7.56. The lowest BCUT2D eigenvalue weighted by molar-refractivity contribution is -0.110. The van der Waals surface area contributed by atoms with Crippen LogP contribution in [0.1, 0.15) is 13.8 Å². The number of aldehydes is 1. The second-order valence-electron chi connectivity index (χ2n) is 3.39. The highest BCUT2D eigenvalue weighted by Gasteiger charge is 2.27. The average molecular weight is 141 g/mol. The summed E-state index contributed by atoms with van der Waals surface area (Å²) in [6, 6.07) is 0. The van der Waals surface area contributed by atoms with Gasteiger partial charge in [0, 0.05) is 13.1 Å². The molecule has 0 radical (unpaired) electrons. The molecule has 0 spiro atoms. The Morgan fingerprint density at radius 2 is 2.20 bits per heavy atom. The van der Waals surface area contributed by atoms with Crippen molar-refractivity contribution >= 4 is 6.29 Å². The number of hydrogen-bond acceptors (Lipinski definition) is 2. The Bertz CT molecular complexity index is 116. The van der Waals surface area contributed by atoms with E-state index in [0.717, 1.165) is 31.2 Å². The summed E-state index contributed by atoms with van der Waals surface area (Å²) in [6.45, 7) is 7.35. The quantitative estimate of drug-likeness (QED) is 0.541. The molecule has 10 heavy (non-hydrogen) atoms. The standard InChI is InChI=1S/C8H15NO/c1-7(2)8-5-9(6-8)3-4-10/h4,7-8H,3,5-6H2,1-2H3. The van der Waals surface area contributed by atoms with E-state index < -0.39 is 0 Å². The van der Waals surface area contributed by atoms with Gasteiger partial charge in [-0.05, 0) is 11.8 Å². The third kappa shape index (κ3) is 1.57. The first-order chi connectivity index (χ1) is 4.74. The van der Waals surface area contributed by atoms with Gasteiger partial charge in [-0.3, -0.25) is 4.90 Å². The van der Waals surface area contributed by atoms with Crippen molar-refractivity contribution in [1.82, 2.24) is 4.90 Å². The molecule has 0 unspecified atom stereocenters. The van der Waals surface area contributed by atoms with Crippen LogP contribution in [-0.2, 0) is 4.79 Å². The lowest BCUT2D eigenvalue weighted by Crippen LogP contribution is -2.49. The van der Waals surface area contributed by atoms with Gasteiger partial charge in [-0.2, -0.15) is 0 Å². The number of carbonyl (C=O) groups is 1. The van der Waals surface area contributed by atoms with Gasteiger partial charge in [-0.15, -0.1) is 0 Å². The Kier molecular flexibility index (Phi) is 2.44. The Labute approximate surface area is 62.2 Å². The molecule has 0 aromatic rings. The number of carbonyl (C=O) groups excluding carboxylic acids is 1. The Balaban J connectivity index is 2.11. The normalized spacial score (nSPS) is 21.1. The number of likely N-dealkylation sites (tertiary alicyclic amines) is 1. The smallest absolute Gasteiger partial charge is 0.133 e. The molecule has 2 nitrogen and oxygen atoms in total. The molecular formula is C8H15NO. The molecule has 1 rings (SSSR count). The summed E-state index contributed by atoms with van der Waals surface area (Å²) in [5.74, 6) is 1.61. The summed E-state index contributed by atoms with van der Waals surface area (Å²) >= 11 is 0. The molecule has 2 heteroatoms. The zero-order valence-corrected chi connectivity index (χ0v) is 6.71. The first-order valence-corrected chi connectivity index (χ1v) is 3.90. The molecule has 0 bridgehead atoms. The van der Waals surface area contributed by atoms with Crippen molar-refractivity contribution in [1.29, 1.82) is 0 Å². The van der Waals surface area contributed by atoms with Crippen LogP contribution >= 0.6 is 0 Å². The fourth-order valence-corrected chi connectivity index (χ4v) is 1.29. The van der Waals surface area contributed by atoms with Gasteiger partial charge in [0.15, 0.2) is 0 Å². The van der Waals surface area contributed by atoms with Crippen LogP contribution in [0.4, 0.5) is 0 Å². The molecule has 1 heterocycles. The van der Waals surface area contributed by atoms with Gasteiger partial charge < -0.3 is 4.79 Å². The fraction of sp³-hybridized carbons (Fsp3) is 0.875. The SMILES string of the molecule is CC(C)C1CN(CC=O)C1. The van der Waals surface area contributed by atoms with Crippen molar-refractivity contribution in [3.63, 3.8) is 0 Å². The molecule has 0 N–H and O–H groups in total. The van der Waals surface area contributed by atoms with E-state index in [1.165, 1.54) is 0 Å². The monoisotopic (exact) mass is 141 g/mol. The maximum atomic E-state index is 10.0. The van der Waals surface area contributed by atoms with Gasteiger partial charge in [0.05, 0.1) is 6.54 Å². The first kappa shape index (κ1) is 7.73. The van der Waals surface area contributed by atoms with E-state index in [1.54, 1.807) is 0 Å². The fourth-order valence-electron chi connectivity index (χ4n) is 1.29. The van der Waals surface area contributed by atoms with E-state index in [9.17, 15) is 4.79 Å². The first-order valence-electron chi connectivity index (χ1n) is 3.90. The summed E-state index contributed by atoms with van der Waals surface area (Å²) in [5.41, 5.74) is 0. The van der Waals surface area contributed by atoms with Crippen LogP contribution in [0.2, 0.25) is 0 Å². The molecule has 0 aliphatic carbocycles. The van der Waals surface area contributed by atoms with E-state index in [2.05, 4.69) is 18.7 Å². The highest BCUT2D eigenvalue weighted by atomic mass is 16.1. The van der Waals surface area contributed by atoms with Crippen molar-refractivity contribution in [2.24, 2.45) is 11.8 Å². The molecule has 0 aromatic heterocycles. The van der Waals surface area contributed by atoms with Crippen LogP contribution in [0.25, 0.3) is 0 Å². The van der Waals surface area contributed by atoms with Gasteiger partial charge >= 0.3 is 0 Å². The molecule has 1 aliphatic rings. The predicted octanol–water partition coefficient (Wildman–Crippen LogP) is 0.773. The molecule has 1 fully saturated rings. The molecular weight excluding hydrogens is 126 g/mol. The summed E-state index contributed by atoms with van der Waals surface area (Å²) < 4.78 is 0. The van der Waals surface area contributed by atoms with E-state index in [0.29, 0.717) is 6.54 Å². The highest BCUT2D eigenvalue weighted by molar-refractivity contribution is 5.52. The van der Waals surface area contributed by atoms with Crippen LogP contribution in [0.15, 0.2) is 0 Å². The van der Waals surface area contributed by atoms with Crippen molar-refractivity contribution in [3.05, 3.63) is 0 Å². The Morgan fingerprint density at radius 1 is 1.60 bits per heavy atom. The van der Waals surface area contributed by atoms with Crippen molar-refractivity contribution in [2.45, 2.75) is 13.8 Å². The summed E-state index contributed by atoms with van der Waals surface area (Å²) in [7, 11) is 0. The van der Waals surface area contributed by atoms with Crippen LogP contribution in [-0.4, -0.2) is 30.8 Å². The molecule has 0 atom stereocenters. The summed E-state index contributed by atoms with van der Waals surface area (Å²) in [6.07, 6.45) is 0.983. The Hall–Kier alpha value is -0.370. The predicted molar refractivity (Wildman–Crippen MR) is 40.8 cm³/mol. The van der Waals surface area contributed by atoms with Crippen molar-refractivity contribution in [2.75, 3.05) is 19.6 Å². The van der Waals surface area contributed by atoms with Gasteiger partial charge in [-0.1, -0.05) is 13.8 Å². The molecule has 0 saturated carbocycles. The average Bonchev–Trinajstić information content (AvgIpc) is 1.76. The van der Waals surface area contributed by atoms with Crippen LogP contribution in [0.3, 0.4) is 0 Å². The highest BCUT2D eigenvalue weighted by Crippen LogP contribution is 2.21. The Morgan fingerprint density at radius 3 is 2.60 bits per heavy atom. The number of hydrogen-bond donors (Lipinski definition) is 0. The van der Waals surface area contributed by atoms with E-state index in [4.69, 9.17) is 0 Å². The molecule has 0 amide bonds. The van der Waals surface area contributed by atoms with Crippen LogP contribution < -0.4 is 0 Å². The minimum atomic E-state index is 0.628. The molecule has 58 valence electrons. The molecule has 1 aliphatic heterocycles. The van der Waals surface area contributed by atoms with Gasteiger partial charge in [-0.25, -0.2) is 0 Å². The third-order valence-corrected chi connectivity index (χ3v) is 2.26. The third-order valence-electron chi connectivity index (χ3n) is 2.26.